The predicted octanol–water partition coefficient (Wildman–Crippen LogP) is 3.84. The van der Waals surface area contributed by atoms with Crippen LogP contribution < -0.4 is 5.43 Å². The SMILES string of the molecule is CCOC(=O)c1sc(NN=Cc2ccccc2Br)nc1C. The Morgan fingerprint density at radius 2 is 2.29 bits per heavy atom. The Morgan fingerprint density at radius 1 is 1.52 bits per heavy atom. The van der Waals surface area contributed by atoms with E-state index in [2.05, 4.69) is 31.4 Å². The van der Waals surface area contributed by atoms with Gasteiger partial charge in [-0.15, -0.1) is 0 Å². The van der Waals surface area contributed by atoms with Gasteiger partial charge in [-0.2, -0.15) is 5.10 Å². The first-order valence-corrected chi connectivity index (χ1v) is 7.91. The zero-order chi connectivity index (χ0) is 15.2. The lowest BCUT2D eigenvalue weighted by Gasteiger charge is -1.97. The van der Waals surface area contributed by atoms with Gasteiger partial charge in [-0.3, -0.25) is 5.43 Å². The number of nitrogens with one attached hydrogen (secondary N) is 1. The summed E-state index contributed by atoms with van der Waals surface area (Å²) in [6.45, 7) is 3.89. The summed E-state index contributed by atoms with van der Waals surface area (Å²) < 4.78 is 5.93. The first-order valence-electron chi connectivity index (χ1n) is 6.30. The van der Waals surface area contributed by atoms with Crippen molar-refractivity contribution in [2.24, 2.45) is 5.10 Å². The molecule has 21 heavy (non-hydrogen) atoms. The van der Waals surface area contributed by atoms with Crippen LogP contribution in [-0.2, 0) is 4.74 Å². The van der Waals surface area contributed by atoms with Crippen molar-refractivity contribution in [3.8, 4) is 0 Å². The summed E-state index contributed by atoms with van der Waals surface area (Å²) in [6.07, 6.45) is 1.69. The van der Waals surface area contributed by atoms with E-state index in [9.17, 15) is 4.79 Å². The van der Waals surface area contributed by atoms with Crippen LogP contribution >= 0.6 is 27.3 Å². The molecule has 0 atom stereocenters. The highest BCUT2D eigenvalue weighted by Gasteiger charge is 2.15. The van der Waals surface area contributed by atoms with Gasteiger partial charge in [0.2, 0.25) is 5.13 Å². The zero-order valence-corrected chi connectivity index (χ0v) is 14.0. The van der Waals surface area contributed by atoms with Crippen LogP contribution in [0.1, 0.15) is 27.9 Å². The topological polar surface area (TPSA) is 63.6 Å². The van der Waals surface area contributed by atoms with Gasteiger partial charge >= 0.3 is 5.97 Å². The lowest BCUT2D eigenvalue weighted by molar-refractivity contribution is 0.0531. The van der Waals surface area contributed by atoms with Gasteiger partial charge in [0.25, 0.3) is 0 Å². The number of carbonyl (C=O) groups excluding carboxylic acids is 1. The largest absolute Gasteiger partial charge is 0.462 e. The Labute approximate surface area is 135 Å². The van der Waals surface area contributed by atoms with Crippen LogP contribution in [0.25, 0.3) is 0 Å². The summed E-state index contributed by atoms with van der Waals surface area (Å²) in [4.78, 5) is 16.4. The molecule has 0 unspecified atom stereocenters. The molecule has 0 amide bonds. The van der Waals surface area contributed by atoms with Crippen molar-refractivity contribution in [1.29, 1.82) is 0 Å². The fraction of sp³-hybridized carbons (Fsp3) is 0.214. The minimum atomic E-state index is -0.352. The van der Waals surface area contributed by atoms with Crippen molar-refractivity contribution in [3.63, 3.8) is 0 Å². The molecule has 0 aliphatic heterocycles. The third-order valence-corrected chi connectivity index (χ3v) is 4.29. The standard InChI is InChI=1S/C14H14BrN3O2S/c1-3-20-13(19)12-9(2)17-14(21-12)18-16-8-10-6-4-5-7-11(10)15/h4-8H,3H2,1-2H3,(H,17,18). The second-order valence-corrected chi connectivity index (χ2v) is 5.90. The second-order valence-electron chi connectivity index (χ2n) is 4.05. The number of hydrazone groups is 1. The van der Waals surface area contributed by atoms with Gasteiger partial charge in [0, 0.05) is 10.0 Å². The average Bonchev–Trinajstić information content (AvgIpc) is 2.82. The smallest absolute Gasteiger partial charge is 0.350 e. The Bertz CT molecular complexity index is 670. The number of hydrogen-bond acceptors (Lipinski definition) is 6. The van der Waals surface area contributed by atoms with Gasteiger partial charge in [0.05, 0.1) is 18.5 Å². The summed E-state index contributed by atoms with van der Waals surface area (Å²) in [5.74, 6) is -0.352. The number of hydrogen-bond donors (Lipinski definition) is 1. The molecule has 5 nitrogen and oxygen atoms in total. The number of aromatic nitrogens is 1. The molecule has 0 bridgehead atoms. The van der Waals surface area contributed by atoms with Crippen LogP contribution in [0.2, 0.25) is 0 Å². The quantitative estimate of drug-likeness (QED) is 0.495. The Hall–Kier alpha value is -1.73. The molecule has 1 N–H and O–H groups in total. The van der Waals surface area contributed by atoms with Crippen LogP contribution in [0.15, 0.2) is 33.8 Å². The van der Waals surface area contributed by atoms with E-state index in [1.165, 1.54) is 11.3 Å². The maximum absolute atomic E-state index is 11.7. The van der Waals surface area contributed by atoms with Crippen LogP contribution in [0.4, 0.5) is 5.13 Å². The first kappa shape index (κ1) is 15.7. The normalized spacial score (nSPS) is 10.8. The fourth-order valence-electron chi connectivity index (χ4n) is 1.57. The average molecular weight is 368 g/mol. The number of halogens is 1. The highest BCUT2D eigenvalue weighted by molar-refractivity contribution is 9.10. The lowest BCUT2D eigenvalue weighted by atomic mass is 10.2. The number of thiazole rings is 1. The third-order valence-electron chi connectivity index (χ3n) is 2.53. The molecule has 0 radical (unpaired) electrons. The van der Waals surface area contributed by atoms with E-state index in [1.807, 2.05) is 24.3 Å². The van der Waals surface area contributed by atoms with E-state index in [1.54, 1.807) is 20.1 Å². The minimum absolute atomic E-state index is 0.346. The molecule has 0 saturated heterocycles. The van der Waals surface area contributed by atoms with Crippen LogP contribution in [0.5, 0.6) is 0 Å². The summed E-state index contributed by atoms with van der Waals surface area (Å²) in [7, 11) is 0. The molecule has 2 rings (SSSR count). The number of ether oxygens (including phenoxy) is 1. The number of carbonyl (C=O) groups is 1. The zero-order valence-electron chi connectivity index (χ0n) is 11.6. The molecular formula is C14H14BrN3O2S. The van der Waals surface area contributed by atoms with Gasteiger partial charge in [-0.25, -0.2) is 9.78 Å². The van der Waals surface area contributed by atoms with Crippen LogP contribution in [-0.4, -0.2) is 23.8 Å². The highest BCUT2D eigenvalue weighted by Crippen LogP contribution is 2.23. The number of esters is 1. The Balaban J connectivity index is 2.06. The minimum Gasteiger partial charge on any atom is -0.462 e. The molecule has 2 aromatic rings. The fourth-order valence-corrected chi connectivity index (χ4v) is 2.76. The van der Waals surface area contributed by atoms with E-state index >= 15 is 0 Å². The van der Waals surface area contributed by atoms with Gasteiger partial charge in [0.15, 0.2) is 0 Å². The predicted molar refractivity (Wildman–Crippen MR) is 88.2 cm³/mol. The lowest BCUT2D eigenvalue weighted by Crippen LogP contribution is -2.03. The Morgan fingerprint density at radius 3 is 3.00 bits per heavy atom. The highest BCUT2D eigenvalue weighted by atomic mass is 79.9. The summed E-state index contributed by atoms with van der Waals surface area (Å²) in [6, 6.07) is 7.74. The maximum Gasteiger partial charge on any atom is 0.350 e. The molecule has 0 aliphatic rings. The third kappa shape index (κ3) is 4.12. The van der Waals surface area contributed by atoms with Crippen LogP contribution in [0, 0.1) is 6.92 Å². The van der Waals surface area contributed by atoms with Crippen molar-refractivity contribution in [1.82, 2.24) is 4.98 Å². The van der Waals surface area contributed by atoms with Crippen molar-refractivity contribution in [2.45, 2.75) is 13.8 Å². The number of aryl methyl sites for hydroxylation is 1. The molecule has 0 aliphatic carbocycles. The van der Waals surface area contributed by atoms with Crippen molar-refractivity contribution in [3.05, 3.63) is 44.9 Å². The van der Waals surface area contributed by atoms with E-state index in [-0.39, 0.29) is 5.97 Å². The van der Waals surface area contributed by atoms with Gasteiger partial charge in [0.1, 0.15) is 4.88 Å². The van der Waals surface area contributed by atoms with E-state index in [4.69, 9.17) is 4.74 Å². The van der Waals surface area contributed by atoms with E-state index in [0.29, 0.717) is 22.3 Å². The molecule has 1 heterocycles. The van der Waals surface area contributed by atoms with Crippen molar-refractivity contribution in [2.75, 3.05) is 12.0 Å². The van der Waals surface area contributed by atoms with E-state index < -0.39 is 0 Å². The summed E-state index contributed by atoms with van der Waals surface area (Å²) in [5.41, 5.74) is 4.41. The van der Waals surface area contributed by atoms with Crippen molar-refractivity contribution < 1.29 is 9.53 Å². The summed E-state index contributed by atoms with van der Waals surface area (Å²) in [5, 5.41) is 4.68. The molecule has 7 heteroatoms. The van der Waals surface area contributed by atoms with Gasteiger partial charge < -0.3 is 4.74 Å². The Kier molecular flexibility index (Phi) is 5.46. The molecule has 0 fully saturated rings. The second kappa shape index (κ2) is 7.33. The monoisotopic (exact) mass is 367 g/mol. The first-order chi connectivity index (χ1) is 10.1. The number of nitrogens with zero attached hydrogens (tertiary/aromatic N) is 2. The van der Waals surface area contributed by atoms with Gasteiger partial charge in [-0.1, -0.05) is 45.5 Å². The number of anilines is 1. The molecular weight excluding hydrogens is 354 g/mol. The molecule has 0 saturated carbocycles. The molecule has 0 spiro atoms. The van der Waals surface area contributed by atoms with Crippen LogP contribution in [0.3, 0.4) is 0 Å². The number of benzene rings is 1. The molecule has 1 aromatic carbocycles. The summed E-state index contributed by atoms with van der Waals surface area (Å²) >= 11 is 4.67. The maximum atomic E-state index is 11.7. The molecule has 110 valence electrons. The van der Waals surface area contributed by atoms with E-state index in [0.717, 1.165) is 10.0 Å². The van der Waals surface area contributed by atoms with Gasteiger partial charge in [-0.05, 0) is 19.9 Å². The molecule has 1 aromatic heterocycles. The van der Waals surface area contributed by atoms with Crippen molar-refractivity contribution >= 4 is 44.6 Å². The number of rotatable bonds is 5.